The molecule has 0 unspecified atom stereocenters. The summed E-state index contributed by atoms with van der Waals surface area (Å²) < 4.78 is 0. The van der Waals surface area contributed by atoms with Crippen molar-refractivity contribution >= 4 is 28.8 Å². The summed E-state index contributed by atoms with van der Waals surface area (Å²) in [6.07, 6.45) is 0.491. The molecule has 0 radical (unpaired) electrons. The lowest BCUT2D eigenvalue weighted by Gasteiger charge is -2.13. The predicted molar refractivity (Wildman–Crippen MR) is 75.2 cm³/mol. The van der Waals surface area contributed by atoms with Crippen LogP contribution in [0.2, 0.25) is 0 Å². The molecule has 4 heteroatoms. The molecule has 0 aliphatic rings. The second-order valence-corrected chi connectivity index (χ2v) is 4.95. The monoisotopic (exact) mass is 250 g/mol. The van der Waals surface area contributed by atoms with E-state index in [1.54, 1.807) is 0 Å². The largest absolute Gasteiger partial charge is 0.389 e. The summed E-state index contributed by atoms with van der Waals surface area (Å²) in [5.74, 6) is 0.316. The van der Waals surface area contributed by atoms with Crippen LogP contribution in [0.4, 0.5) is 5.69 Å². The van der Waals surface area contributed by atoms with Crippen LogP contribution in [0, 0.1) is 12.8 Å². The third kappa shape index (κ3) is 3.82. The van der Waals surface area contributed by atoms with Crippen molar-refractivity contribution in [1.29, 1.82) is 0 Å². The van der Waals surface area contributed by atoms with Crippen LogP contribution in [0.25, 0.3) is 0 Å². The summed E-state index contributed by atoms with van der Waals surface area (Å²) in [6.45, 7) is 5.93. The van der Waals surface area contributed by atoms with Gasteiger partial charge in [-0.25, -0.2) is 0 Å². The highest BCUT2D eigenvalue weighted by Gasteiger charge is 2.11. The highest BCUT2D eigenvalue weighted by Crippen LogP contribution is 2.20. The van der Waals surface area contributed by atoms with E-state index >= 15 is 0 Å². The second-order valence-electron chi connectivity index (χ2n) is 4.51. The number of aryl methyl sites for hydroxylation is 1. The number of carbonyl (C=O) groups excluding carboxylic acids is 1. The number of nitrogens with two attached hydrogens (primary N) is 1. The molecule has 17 heavy (non-hydrogen) atoms. The Morgan fingerprint density at radius 2 is 2.12 bits per heavy atom. The van der Waals surface area contributed by atoms with Crippen molar-refractivity contribution in [3.05, 3.63) is 29.3 Å². The molecule has 0 aliphatic carbocycles. The molecule has 0 spiro atoms. The van der Waals surface area contributed by atoms with Gasteiger partial charge < -0.3 is 11.1 Å². The van der Waals surface area contributed by atoms with Crippen molar-refractivity contribution in [1.82, 2.24) is 0 Å². The van der Waals surface area contributed by atoms with Crippen molar-refractivity contribution in [2.75, 3.05) is 5.32 Å². The summed E-state index contributed by atoms with van der Waals surface area (Å²) in [4.78, 5) is 12.0. The Morgan fingerprint density at radius 3 is 2.65 bits per heavy atom. The van der Waals surface area contributed by atoms with Crippen LogP contribution in [0.15, 0.2) is 18.2 Å². The average Bonchev–Trinajstić information content (AvgIpc) is 2.15. The first kappa shape index (κ1) is 13.6. The number of anilines is 1. The topological polar surface area (TPSA) is 55.1 Å². The van der Waals surface area contributed by atoms with Gasteiger partial charge in [0.05, 0.1) is 5.69 Å². The van der Waals surface area contributed by atoms with Crippen LogP contribution in [0.3, 0.4) is 0 Å². The minimum absolute atomic E-state index is 0.0110. The summed E-state index contributed by atoms with van der Waals surface area (Å²) in [5, 5.41) is 2.86. The Bertz CT molecular complexity index is 441. The summed E-state index contributed by atoms with van der Waals surface area (Å²) in [5.41, 5.74) is 8.09. The van der Waals surface area contributed by atoms with Gasteiger partial charge in [0.15, 0.2) is 0 Å². The van der Waals surface area contributed by atoms with E-state index in [4.69, 9.17) is 18.0 Å². The predicted octanol–water partition coefficient (Wildman–Crippen LogP) is 2.61. The Morgan fingerprint density at radius 1 is 1.47 bits per heavy atom. The van der Waals surface area contributed by atoms with Crippen molar-refractivity contribution in [2.45, 2.75) is 27.2 Å². The summed E-state index contributed by atoms with van der Waals surface area (Å²) >= 11 is 5.00. The highest BCUT2D eigenvalue weighted by atomic mass is 32.1. The van der Waals surface area contributed by atoms with Gasteiger partial charge in [-0.05, 0) is 24.5 Å². The van der Waals surface area contributed by atoms with E-state index in [9.17, 15) is 4.79 Å². The Kier molecular flexibility index (Phi) is 4.63. The van der Waals surface area contributed by atoms with E-state index in [0.717, 1.165) is 11.1 Å². The van der Waals surface area contributed by atoms with Crippen LogP contribution in [0.5, 0.6) is 0 Å². The Labute approximate surface area is 107 Å². The standard InChI is InChI=1S/C13H18N2OS/c1-8(2)7-11(16)15-10-6-4-5-9(3)12(10)13(14)17/h4-6,8H,7H2,1-3H3,(H2,14,17)(H,15,16). The molecule has 1 aromatic rings. The zero-order valence-corrected chi connectivity index (χ0v) is 11.2. The van der Waals surface area contributed by atoms with Gasteiger partial charge in [0.25, 0.3) is 0 Å². The molecule has 3 nitrogen and oxygen atoms in total. The quantitative estimate of drug-likeness (QED) is 0.808. The first-order valence-electron chi connectivity index (χ1n) is 5.61. The first-order valence-corrected chi connectivity index (χ1v) is 6.02. The SMILES string of the molecule is Cc1cccc(NC(=O)CC(C)C)c1C(N)=S. The number of amides is 1. The van der Waals surface area contributed by atoms with E-state index in [0.29, 0.717) is 23.0 Å². The van der Waals surface area contributed by atoms with Gasteiger partial charge in [-0.1, -0.05) is 38.2 Å². The molecule has 1 aromatic carbocycles. The van der Waals surface area contributed by atoms with Crippen LogP contribution >= 0.6 is 12.2 Å². The minimum Gasteiger partial charge on any atom is -0.389 e. The van der Waals surface area contributed by atoms with Gasteiger partial charge in [0, 0.05) is 12.0 Å². The van der Waals surface area contributed by atoms with Gasteiger partial charge in [0.2, 0.25) is 5.91 Å². The summed E-state index contributed by atoms with van der Waals surface area (Å²) in [7, 11) is 0. The fraction of sp³-hybridized carbons (Fsp3) is 0.385. The maximum Gasteiger partial charge on any atom is 0.224 e. The number of benzene rings is 1. The smallest absolute Gasteiger partial charge is 0.224 e. The van der Waals surface area contributed by atoms with Crippen LogP contribution in [0.1, 0.15) is 31.4 Å². The number of rotatable bonds is 4. The number of hydrogen-bond donors (Lipinski definition) is 2. The molecule has 0 atom stereocenters. The van der Waals surface area contributed by atoms with Crippen molar-refractivity contribution in [3.63, 3.8) is 0 Å². The third-order valence-corrected chi connectivity index (χ3v) is 2.59. The molecule has 3 N–H and O–H groups in total. The van der Waals surface area contributed by atoms with Crippen LogP contribution < -0.4 is 11.1 Å². The maximum atomic E-state index is 11.7. The fourth-order valence-corrected chi connectivity index (χ4v) is 1.94. The van der Waals surface area contributed by atoms with E-state index in [1.165, 1.54) is 0 Å². The lowest BCUT2D eigenvalue weighted by Crippen LogP contribution is -2.19. The van der Waals surface area contributed by atoms with Crippen LogP contribution in [-0.2, 0) is 4.79 Å². The highest BCUT2D eigenvalue weighted by molar-refractivity contribution is 7.80. The molecule has 0 aromatic heterocycles. The molecule has 0 heterocycles. The normalized spacial score (nSPS) is 10.4. The molecule has 92 valence electrons. The Balaban J connectivity index is 2.95. The van der Waals surface area contributed by atoms with Gasteiger partial charge in [0.1, 0.15) is 4.99 Å². The van der Waals surface area contributed by atoms with Gasteiger partial charge >= 0.3 is 0 Å². The zero-order valence-electron chi connectivity index (χ0n) is 10.4. The lowest BCUT2D eigenvalue weighted by molar-refractivity contribution is -0.116. The molecule has 0 saturated carbocycles. The number of hydrogen-bond acceptors (Lipinski definition) is 2. The second kappa shape index (κ2) is 5.77. The fourth-order valence-electron chi connectivity index (χ4n) is 1.67. The number of nitrogens with one attached hydrogen (secondary N) is 1. The van der Waals surface area contributed by atoms with Crippen molar-refractivity contribution in [3.8, 4) is 0 Å². The molecule has 0 saturated heterocycles. The van der Waals surface area contributed by atoms with Gasteiger partial charge in [-0.3, -0.25) is 4.79 Å². The molecular formula is C13H18N2OS. The lowest BCUT2D eigenvalue weighted by atomic mass is 10.1. The van der Waals surface area contributed by atoms with Gasteiger partial charge in [-0.2, -0.15) is 0 Å². The van der Waals surface area contributed by atoms with E-state index in [1.807, 2.05) is 39.0 Å². The average molecular weight is 250 g/mol. The van der Waals surface area contributed by atoms with E-state index in [-0.39, 0.29) is 5.91 Å². The molecule has 1 amide bonds. The summed E-state index contributed by atoms with van der Waals surface area (Å²) in [6, 6.07) is 5.62. The Hall–Kier alpha value is -1.42. The van der Waals surface area contributed by atoms with E-state index < -0.39 is 0 Å². The molecule has 0 fully saturated rings. The first-order chi connectivity index (χ1) is 7.91. The number of carbonyl (C=O) groups is 1. The van der Waals surface area contributed by atoms with E-state index in [2.05, 4.69) is 5.32 Å². The zero-order chi connectivity index (χ0) is 13.0. The molecular weight excluding hydrogens is 232 g/mol. The number of thiocarbonyl (C=S) groups is 1. The maximum absolute atomic E-state index is 11.7. The van der Waals surface area contributed by atoms with Crippen LogP contribution in [-0.4, -0.2) is 10.9 Å². The van der Waals surface area contributed by atoms with Gasteiger partial charge in [-0.15, -0.1) is 0 Å². The van der Waals surface area contributed by atoms with Crippen molar-refractivity contribution in [2.24, 2.45) is 11.7 Å². The minimum atomic E-state index is -0.0110. The third-order valence-electron chi connectivity index (χ3n) is 2.39. The molecule has 0 bridgehead atoms. The molecule has 1 rings (SSSR count). The van der Waals surface area contributed by atoms with Crippen molar-refractivity contribution < 1.29 is 4.79 Å². The molecule has 0 aliphatic heterocycles.